The molecule has 0 spiro atoms. The first-order valence-corrected chi connectivity index (χ1v) is 3.09. The Bertz CT molecular complexity index is 226. The number of aromatic nitrogens is 1. The van der Waals surface area contributed by atoms with E-state index in [-0.39, 0.29) is 5.75 Å². The highest BCUT2D eigenvalue weighted by atomic mass is 79.9. The smallest absolute Gasteiger partial charge is 0.156 e. The third kappa shape index (κ3) is 1.32. The molecule has 0 saturated carbocycles. The van der Waals surface area contributed by atoms with Crippen LogP contribution in [0.2, 0.25) is 0 Å². The maximum Gasteiger partial charge on any atom is 0.156 e. The second kappa shape index (κ2) is 2.23. The molecule has 0 unspecified atom stereocenters. The van der Waals surface area contributed by atoms with Crippen molar-refractivity contribution in [2.45, 2.75) is 0 Å². The van der Waals surface area contributed by atoms with Gasteiger partial charge >= 0.3 is 0 Å². The monoisotopic (exact) mass is 188 g/mol. The lowest BCUT2D eigenvalue weighted by atomic mass is 10.4. The van der Waals surface area contributed by atoms with Crippen LogP contribution >= 0.6 is 15.9 Å². The molecule has 1 heterocycles. The highest BCUT2D eigenvalue weighted by Crippen LogP contribution is 2.20. The van der Waals surface area contributed by atoms with Crippen LogP contribution in [0, 0.1) is 0 Å². The lowest BCUT2D eigenvalue weighted by Gasteiger charge is -1.95. The Labute approximate surface area is 60.7 Å². The van der Waals surface area contributed by atoms with Crippen LogP contribution in [0.3, 0.4) is 0 Å². The molecular formula is C5H5BrN2O. The molecule has 1 aromatic heterocycles. The van der Waals surface area contributed by atoms with Crippen molar-refractivity contribution in [3.63, 3.8) is 0 Å². The van der Waals surface area contributed by atoms with Gasteiger partial charge in [-0.25, -0.2) is 4.98 Å². The van der Waals surface area contributed by atoms with Crippen LogP contribution in [0.1, 0.15) is 0 Å². The van der Waals surface area contributed by atoms with Gasteiger partial charge in [-0.15, -0.1) is 0 Å². The first-order valence-electron chi connectivity index (χ1n) is 2.30. The molecule has 0 aromatic carbocycles. The van der Waals surface area contributed by atoms with Crippen LogP contribution in [-0.2, 0) is 0 Å². The lowest BCUT2D eigenvalue weighted by Crippen LogP contribution is -1.86. The maximum atomic E-state index is 8.84. The summed E-state index contributed by atoms with van der Waals surface area (Å²) < 4.78 is 0.623. The lowest BCUT2D eigenvalue weighted by molar-refractivity contribution is 0.475. The Kier molecular flexibility index (Phi) is 1.57. The standard InChI is InChI=1S/C5H5BrN2O/c6-5-1-3(7)4(9)2-8-5/h1-2,9H,(H2,7,8). The van der Waals surface area contributed by atoms with Crippen molar-refractivity contribution < 1.29 is 5.11 Å². The second-order valence-corrected chi connectivity index (χ2v) is 2.38. The zero-order chi connectivity index (χ0) is 6.85. The van der Waals surface area contributed by atoms with Crippen molar-refractivity contribution in [2.24, 2.45) is 0 Å². The normalized spacial score (nSPS) is 9.44. The number of nitrogens with two attached hydrogens (primary N) is 1. The molecule has 0 saturated heterocycles. The van der Waals surface area contributed by atoms with E-state index in [9.17, 15) is 0 Å². The Morgan fingerprint density at radius 1 is 1.67 bits per heavy atom. The minimum absolute atomic E-state index is 0.0122. The summed E-state index contributed by atoms with van der Waals surface area (Å²) in [4.78, 5) is 3.73. The molecule has 0 aliphatic rings. The predicted octanol–water partition coefficient (Wildman–Crippen LogP) is 1.13. The number of nitrogen functional groups attached to an aromatic ring is 1. The first kappa shape index (κ1) is 6.35. The minimum Gasteiger partial charge on any atom is -0.504 e. The molecule has 9 heavy (non-hydrogen) atoms. The summed E-state index contributed by atoms with van der Waals surface area (Å²) in [6.45, 7) is 0. The van der Waals surface area contributed by atoms with E-state index in [4.69, 9.17) is 10.8 Å². The molecule has 3 nitrogen and oxygen atoms in total. The van der Waals surface area contributed by atoms with Gasteiger partial charge in [0.25, 0.3) is 0 Å². The van der Waals surface area contributed by atoms with Gasteiger partial charge in [-0.1, -0.05) is 0 Å². The number of nitrogens with zero attached hydrogens (tertiary/aromatic N) is 1. The summed E-state index contributed by atoms with van der Waals surface area (Å²) >= 11 is 3.09. The van der Waals surface area contributed by atoms with Crippen LogP contribution in [-0.4, -0.2) is 10.1 Å². The number of rotatable bonds is 0. The van der Waals surface area contributed by atoms with E-state index in [0.29, 0.717) is 10.3 Å². The van der Waals surface area contributed by atoms with Crippen molar-refractivity contribution >= 4 is 21.6 Å². The van der Waals surface area contributed by atoms with Gasteiger partial charge in [-0.05, 0) is 22.0 Å². The van der Waals surface area contributed by atoms with Crippen molar-refractivity contribution in [3.8, 4) is 5.75 Å². The molecule has 1 rings (SSSR count). The second-order valence-electron chi connectivity index (χ2n) is 1.57. The summed E-state index contributed by atoms with van der Waals surface area (Å²) in [5.41, 5.74) is 5.63. The zero-order valence-electron chi connectivity index (χ0n) is 4.50. The third-order valence-corrected chi connectivity index (χ3v) is 1.31. The minimum atomic E-state index is 0.0122. The van der Waals surface area contributed by atoms with Crippen LogP contribution in [0.5, 0.6) is 5.75 Å². The number of anilines is 1. The molecular weight excluding hydrogens is 184 g/mol. The van der Waals surface area contributed by atoms with Gasteiger partial charge in [0.2, 0.25) is 0 Å². The van der Waals surface area contributed by atoms with Gasteiger partial charge < -0.3 is 10.8 Å². The number of hydrogen-bond donors (Lipinski definition) is 2. The van der Waals surface area contributed by atoms with Crippen LogP contribution in [0.4, 0.5) is 5.69 Å². The molecule has 0 amide bonds. The highest BCUT2D eigenvalue weighted by molar-refractivity contribution is 9.10. The van der Waals surface area contributed by atoms with Crippen molar-refractivity contribution in [3.05, 3.63) is 16.9 Å². The van der Waals surface area contributed by atoms with E-state index in [2.05, 4.69) is 20.9 Å². The average Bonchev–Trinajstić information content (AvgIpc) is 1.80. The summed E-state index contributed by atoms with van der Waals surface area (Å²) in [5.74, 6) is 0.0122. The predicted molar refractivity (Wildman–Crippen MR) is 38.0 cm³/mol. The molecule has 0 aliphatic carbocycles. The Hall–Kier alpha value is -0.770. The van der Waals surface area contributed by atoms with Crippen molar-refractivity contribution in [1.82, 2.24) is 4.98 Å². The van der Waals surface area contributed by atoms with E-state index in [1.165, 1.54) is 12.3 Å². The molecule has 48 valence electrons. The summed E-state index contributed by atoms with van der Waals surface area (Å²) in [6.07, 6.45) is 1.29. The quantitative estimate of drug-likeness (QED) is 0.601. The fraction of sp³-hybridized carbons (Fsp3) is 0. The van der Waals surface area contributed by atoms with E-state index in [0.717, 1.165) is 0 Å². The first-order chi connectivity index (χ1) is 4.20. The number of halogens is 1. The third-order valence-electron chi connectivity index (χ3n) is 0.881. The number of hydrogen-bond acceptors (Lipinski definition) is 3. The Balaban J connectivity index is 3.17. The van der Waals surface area contributed by atoms with E-state index < -0.39 is 0 Å². The van der Waals surface area contributed by atoms with Gasteiger partial charge in [-0.2, -0.15) is 0 Å². The van der Waals surface area contributed by atoms with Crippen molar-refractivity contribution in [2.75, 3.05) is 5.73 Å². The summed E-state index contributed by atoms with van der Waals surface area (Å²) in [5, 5.41) is 8.84. The topological polar surface area (TPSA) is 59.1 Å². The molecule has 0 aliphatic heterocycles. The summed E-state index contributed by atoms with van der Waals surface area (Å²) in [7, 11) is 0. The van der Waals surface area contributed by atoms with Crippen LogP contribution < -0.4 is 5.73 Å². The fourth-order valence-corrected chi connectivity index (χ4v) is 0.786. The molecule has 3 N–H and O–H groups in total. The van der Waals surface area contributed by atoms with Gasteiger partial charge in [0.05, 0.1) is 11.9 Å². The van der Waals surface area contributed by atoms with E-state index in [1.807, 2.05) is 0 Å². The van der Waals surface area contributed by atoms with E-state index >= 15 is 0 Å². The van der Waals surface area contributed by atoms with Crippen LogP contribution in [0.25, 0.3) is 0 Å². The highest BCUT2D eigenvalue weighted by Gasteiger charge is 1.95. The SMILES string of the molecule is Nc1cc(Br)ncc1O. The molecule has 1 aromatic rings. The molecule has 0 atom stereocenters. The van der Waals surface area contributed by atoms with Crippen molar-refractivity contribution in [1.29, 1.82) is 0 Å². The van der Waals surface area contributed by atoms with Gasteiger partial charge in [0.15, 0.2) is 5.75 Å². The zero-order valence-corrected chi connectivity index (χ0v) is 6.09. The average molecular weight is 189 g/mol. The molecule has 0 radical (unpaired) electrons. The van der Waals surface area contributed by atoms with Crippen LogP contribution in [0.15, 0.2) is 16.9 Å². The summed E-state index contributed by atoms with van der Waals surface area (Å²) in [6, 6.07) is 1.54. The molecule has 0 fully saturated rings. The van der Waals surface area contributed by atoms with Gasteiger partial charge in [0.1, 0.15) is 4.60 Å². The Morgan fingerprint density at radius 3 is 2.78 bits per heavy atom. The van der Waals surface area contributed by atoms with Gasteiger partial charge in [-0.3, -0.25) is 0 Å². The molecule has 4 heteroatoms. The largest absolute Gasteiger partial charge is 0.504 e. The number of aromatic hydroxyl groups is 1. The Morgan fingerprint density at radius 2 is 2.33 bits per heavy atom. The van der Waals surface area contributed by atoms with E-state index in [1.54, 1.807) is 0 Å². The fourth-order valence-electron chi connectivity index (χ4n) is 0.437. The molecule has 0 bridgehead atoms. The number of pyridine rings is 1. The maximum absolute atomic E-state index is 8.84. The van der Waals surface area contributed by atoms with Gasteiger partial charge in [0, 0.05) is 0 Å².